The van der Waals surface area contributed by atoms with Crippen molar-refractivity contribution in [3.05, 3.63) is 202 Å². The summed E-state index contributed by atoms with van der Waals surface area (Å²) in [4.78, 5) is 180. The van der Waals surface area contributed by atoms with E-state index in [9.17, 15) is 88.5 Å². The summed E-state index contributed by atoms with van der Waals surface area (Å²) >= 11 is 0. The third-order valence-electron chi connectivity index (χ3n) is 30.6. The van der Waals surface area contributed by atoms with Gasteiger partial charge in [0.1, 0.15) is 83.9 Å². The molecule has 15 rings (SSSR count). The smallest absolute Gasteiger partial charge is 0.410 e. The summed E-state index contributed by atoms with van der Waals surface area (Å²) in [6.45, 7) is 23.7. The third kappa shape index (κ3) is 21.5. The molecule has 0 unspecified atom stereocenters. The van der Waals surface area contributed by atoms with E-state index in [0.717, 1.165) is 45.1 Å². The predicted molar refractivity (Wildman–Crippen MR) is 506 cm³/mol. The summed E-state index contributed by atoms with van der Waals surface area (Å²) in [5, 5.41) is 101. The topological polar surface area (TPSA) is 522 Å². The highest BCUT2D eigenvalue weighted by Crippen LogP contribution is 2.67. The third-order valence-corrected chi connectivity index (χ3v) is 30.6. The van der Waals surface area contributed by atoms with Gasteiger partial charge in [-0.15, -0.1) is 0 Å². The van der Waals surface area contributed by atoms with Gasteiger partial charge in [0.15, 0.2) is 28.9 Å². The minimum atomic E-state index is -2.45. The number of benzene rings is 5. The Balaban J connectivity index is 0.000000227. The van der Waals surface area contributed by atoms with Crippen LogP contribution in [0.25, 0.3) is 0 Å². The first-order valence-electron chi connectivity index (χ1n) is 48.5. The molecule has 3 aliphatic heterocycles. The molecule has 5 aromatic rings. The van der Waals surface area contributed by atoms with Crippen LogP contribution < -0.4 is 10.6 Å². The first-order valence-corrected chi connectivity index (χ1v) is 48.5. The minimum absolute atomic E-state index is 0.0289. The maximum atomic E-state index is 15.3. The van der Waals surface area contributed by atoms with Gasteiger partial charge in [0.2, 0.25) is 6.10 Å². The van der Waals surface area contributed by atoms with E-state index < -0.39 is 249 Å². The van der Waals surface area contributed by atoms with Gasteiger partial charge in [-0.25, -0.2) is 33.6 Å². The van der Waals surface area contributed by atoms with Gasteiger partial charge in [-0.2, -0.15) is 0 Å². The number of amides is 3. The van der Waals surface area contributed by atoms with E-state index in [1.807, 2.05) is 30.3 Å². The molecule has 0 spiro atoms. The van der Waals surface area contributed by atoms with Crippen molar-refractivity contribution in [1.82, 2.24) is 15.5 Å². The molecule has 0 radical (unpaired) electrons. The molecule has 774 valence electrons. The highest BCUT2D eigenvalue weighted by atomic mass is 16.7. The lowest BCUT2D eigenvalue weighted by Gasteiger charge is -2.67. The molecule has 3 amide bonds. The monoisotopic (exact) mass is 1990 g/mol. The van der Waals surface area contributed by atoms with Gasteiger partial charge in [-0.05, 0) is 158 Å². The highest BCUT2D eigenvalue weighted by Gasteiger charge is 2.81. The van der Waals surface area contributed by atoms with Crippen LogP contribution in [0.1, 0.15) is 231 Å². The number of likely N-dealkylation sites (tertiary alicyclic amines) is 1. The molecule has 0 aromatic heterocycles. The number of fused-ring (bicyclic) bond motifs is 10. The number of nitrogens with one attached hydrogen (secondary N) is 2. The van der Waals surface area contributed by atoms with Crippen LogP contribution in [0.2, 0.25) is 0 Å². The Labute approximate surface area is 829 Å². The number of nitrogens with zero attached hydrogens (tertiary/aromatic N) is 1. The number of ketones is 2. The molecule has 5 saturated carbocycles. The van der Waals surface area contributed by atoms with Crippen molar-refractivity contribution in [1.29, 1.82) is 0 Å². The van der Waals surface area contributed by atoms with E-state index in [2.05, 4.69) is 10.6 Å². The molecule has 3 heterocycles. The lowest BCUT2D eigenvalue weighted by atomic mass is 9.44. The quantitative estimate of drug-likeness (QED) is 0.0185. The molecule has 8 fully saturated rings. The normalized spacial score (nSPS) is 30.9. The fourth-order valence-electron chi connectivity index (χ4n) is 22.9. The van der Waals surface area contributed by atoms with E-state index >= 15 is 9.59 Å². The molecule has 22 atom stereocenters. The second-order valence-corrected chi connectivity index (χ2v) is 42.5. The van der Waals surface area contributed by atoms with E-state index in [-0.39, 0.29) is 97.9 Å². The summed E-state index contributed by atoms with van der Waals surface area (Å²) in [5.74, 6) is -13.2. The fraction of sp³-hybridized carbons (Fsp3) is 0.561. The highest BCUT2D eigenvalue weighted by molar-refractivity contribution is 5.96. The zero-order valence-electron chi connectivity index (χ0n) is 83.4. The number of carboxylic acid groups (broad SMARTS) is 1. The zero-order chi connectivity index (χ0) is 105. The Bertz CT molecular complexity index is 5610. The van der Waals surface area contributed by atoms with Crippen LogP contribution >= 0.6 is 0 Å². The molecular formula is C107H133N3O33. The molecule has 3 saturated heterocycles. The van der Waals surface area contributed by atoms with E-state index in [4.69, 9.17) is 61.9 Å². The number of aliphatic hydroxyl groups is 7. The maximum absolute atomic E-state index is 15.3. The number of Topliss-reactive ketones (excluding diaryl/α,β-unsaturated/α-hetero) is 2. The summed E-state index contributed by atoms with van der Waals surface area (Å²) in [6.07, 6.45) is -18.5. The Morgan fingerprint density at radius 3 is 1.24 bits per heavy atom. The van der Waals surface area contributed by atoms with Crippen molar-refractivity contribution in [2.75, 3.05) is 26.3 Å². The Kier molecular flexibility index (Phi) is 32.2. The average molecular weight is 1990 g/mol. The van der Waals surface area contributed by atoms with Crippen molar-refractivity contribution in [2.24, 2.45) is 45.3 Å². The molecule has 4 bridgehead atoms. The van der Waals surface area contributed by atoms with Crippen molar-refractivity contribution < 1.29 is 160 Å². The molecule has 10 N–H and O–H groups in total. The first-order chi connectivity index (χ1) is 67.1. The van der Waals surface area contributed by atoms with Crippen molar-refractivity contribution >= 4 is 77.6 Å². The van der Waals surface area contributed by atoms with Crippen LogP contribution in [0, 0.1) is 45.3 Å². The number of rotatable bonds is 21. The van der Waals surface area contributed by atoms with Crippen LogP contribution in [0.5, 0.6) is 0 Å². The summed E-state index contributed by atoms with van der Waals surface area (Å²) in [5.41, 5.74) is -16.1. The summed E-state index contributed by atoms with van der Waals surface area (Å²) < 4.78 is 71.6. The number of piperidine rings is 1. The molecule has 143 heavy (non-hydrogen) atoms. The number of esters is 7. The SMILES string of the molecule is CC(=O)O[C@@]12CO[C@@H]1C[C@H](O)[C@@]1(C)C(=O)[C@H](O)C3=C(C)[C@@H](OC(=O)[C@H](O)[C@@H](NC(=O)OC(C)(C)C)c4ccccc4)C[C@@](O)([C@@H](OC(=O)c4ccccc4)[C@H]21)C3(C)C.CC(=O)O[C@@]12CO[C@@H]1C[C@H](O)[C@@]1(C)C(=O)[C@H](O)C3=C(C)[C@@H](OC(=O)[C@H](OC(=O)C4CCN(C(=O)OCc5ccccc5)CC4)[C@@H](NC(=O)OC(C)(C)C)c4ccccc4)C[C@@](O)([C@@H](OC(=O)c4ccccc4)[C@H]21)C3(C)C.O=C(O)C1CCCCC1. The number of alkyl carbamates (subject to hydrolysis) is 2. The minimum Gasteiger partial charge on any atom is -0.481 e. The number of carboxylic acids is 1. The van der Waals surface area contributed by atoms with Gasteiger partial charge in [0.05, 0.1) is 77.1 Å². The fourth-order valence-corrected chi connectivity index (χ4v) is 22.9. The summed E-state index contributed by atoms with van der Waals surface area (Å²) in [7, 11) is 0. The number of aliphatic carboxylic acids is 1. The zero-order valence-corrected chi connectivity index (χ0v) is 83.4. The van der Waals surface area contributed by atoms with Crippen LogP contribution in [0.4, 0.5) is 14.4 Å². The van der Waals surface area contributed by atoms with E-state index in [1.165, 1.54) is 77.1 Å². The lowest BCUT2D eigenvalue weighted by Crippen LogP contribution is -2.81. The predicted octanol–water partition coefficient (Wildman–Crippen LogP) is 10.8. The summed E-state index contributed by atoms with van der Waals surface area (Å²) in [6, 6.07) is 38.3. The Hall–Kier alpha value is -11.9. The first kappa shape index (κ1) is 108. The largest absolute Gasteiger partial charge is 0.481 e. The van der Waals surface area contributed by atoms with E-state index in [0.29, 0.717) is 11.1 Å². The molecule has 36 heteroatoms. The van der Waals surface area contributed by atoms with Gasteiger partial charge in [-0.3, -0.25) is 28.8 Å². The molecular weight excluding hydrogens is 1860 g/mol. The number of hydrogen-bond acceptors (Lipinski definition) is 32. The van der Waals surface area contributed by atoms with Crippen LogP contribution in [0.15, 0.2) is 174 Å². The number of aliphatic hydroxyl groups excluding tert-OH is 5. The molecule has 10 aliphatic rings. The van der Waals surface area contributed by atoms with Crippen LogP contribution in [0.3, 0.4) is 0 Å². The van der Waals surface area contributed by atoms with E-state index in [1.54, 1.807) is 152 Å². The van der Waals surface area contributed by atoms with Crippen molar-refractivity contribution in [3.63, 3.8) is 0 Å². The Morgan fingerprint density at radius 2 is 0.874 bits per heavy atom. The van der Waals surface area contributed by atoms with Gasteiger partial charge in [-0.1, -0.05) is 174 Å². The maximum Gasteiger partial charge on any atom is 0.410 e. The molecule has 5 aromatic carbocycles. The number of carbonyl (C=O) groups excluding carboxylic acids is 12. The van der Waals surface area contributed by atoms with Gasteiger partial charge >= 0.3 is 66.0 Å². The number of carbonyl (C=O) groups is 13. The van der Waals surface area contributed by atoms with Gasteiger partial charge in [0.25, 0.3) is 0 Å². The van der Waals surface area contributed by atoms with Crippen LogP contribution in [-0.2, 0) is 102 Å². The number of hydrogen-bond donors (Lipinski definition) is 10. The molecule has 7 aliphatic carbocycles. The standard InChI is InChI=1S/C57H68N2O17.C43H53NO14.C7H12O2/c1-32-38(29-57(69)47(74-49(65)36-22-16-11-17-23-36)45-55(8,46(63)43(62)41(32)54(57,6)7)39(61)28-40-56(45,31-71-40)75-33(2)60)72-50(66)44(42(35-20-14-10-15-21-35)58-51(67)76-53(3,4)5)73-48(64)37-24-26-59(27-25-37)52(68)70-30-34-18-12-9-13-19-34;1-22-26(55-37(51)32(48)30(24-15-11-9-12-16-24)44-38(52)58-39(3,4)5)20-43(53)35(56-36(50)25-17-13-10-14-18-25)33-41(8,34(49)31(47)29(22)40(43,6)7)27(46)19-28-42(33,21-54-28)57-23(2)45;8-7(9)6-4-2-1-3-5-6/h9-23,37-40,42-45,47,61-62,69H,24-31H2,1-8H3,(H,58,67);9-18,26-28,30-33,35,46-48,53H,19-21H2,1-8H3,(H,44,52);6H,1-5H2,(H,8,9)/t38-,39-,40+,42-,43+,44+,45-,47-,55+,56-,57+;26-,27-,28+,30-,31+,32+,33-,35-,41+,42-,43+;/m00./s1. The average Bonchev–Trinajstić information content (AvgIpc) is 0.671. The number of ether oxygens (including phenoxy) is 12. The lowest BCUT2D eigenvalue weighted by molar-refractivity contribution is -0.346. The van der Waals surface area contributed by atoms with Crippen LogP contribution in [-0.4, -0.2) is 257 Å². The van der Waals surface area contributed by atoms with Gasteiger partial charge < -0.3 is 113 Å². The second-order valence-electron chi connectivity index (χ2n) is 42.5. The van der Waals surface area contributed by atoms with Crippen molar-refractivity contribution in [3.8, 4) is 0 Å². The second kappa shape index (κ2) is 42.4. The van der Waals surface area contributed by atoms with Gasteiger partial charge in [0, 0.05) is 63.5 Å². The Morgan fingerprint density at radius 1 is 0.497 bits per heavy atom. The van der Waals surface area contributed by atoms with Crippen molar-refractivity contribution in [2.45, 2.75) is 307 Å². The molecule has 36 nitrogen and oxygen atoms in total.